The van der Waals surface area contributed by atoms with Crippen LogP contribution in [0.1, 0.15) is 38.8 Å². The summed E-state index contributed by atoms with van der Waals surface area (Å²) < 4.78 is 11.6. The molecule has 2 aliphatic heterocycles. The summed E-state index contributed by atoms with van der Waals surface area (Å²) in [7, 11) is 1.58. The molecule has 1 aromatic rings. The summed E-state index contributed by atoms with van der Waals surface area (Å²) in [5.41, 5.74) is 0.184. The van der Waals surface area contributed by atoms with Gasteiger partial charge in [0.25, 0.3) is 0 Å². The fourth-order valence-corrected chi connectivity index (χ4v) is 3.57. The highest BCUT2D eigenvalue weighted by Crippen LogP contribution is 2.49. The van der Waals surface area contributed by atoms with Gasteiger partial charge in [0.05, 0.1) is 13.2 Å². The third-order valence-electron chi connectivity index (χ3n) is 4.09. The normalized spacial score (nSPS) is 27.0. The summed E-state index contributed by atoms with van der Waals surface area (Å²) in [5.74, 6) is 1.25. The van der Waals surface area contributed by atoms with E-state index in [1.807, 2.05) is 26.8 Å². The van der Waals surface area contributed by atoms with E-state index in [1.54, 1.807) is 18.1 Å². The van der Waals surface area contributed by atoms with Crippen LogP contribution < -0.4 is 14.8 Å². The molecule has 21 heavy (non-hydrogen) atoms. The van der Waals surface area contributed by atoms with Gasteiger partial charge in [0.15, 0.2) is 17.2 Å². The van der Waals surface area contributed by atoms with Gasteiger partial charge >= 0.3 is 6.03 Å². The molecule has 2 bridgehead atoms. The average molecular weight is 311 g/mol. The van der Waals surface area contributed by atoms with E-state index >= 15 is 0 Å². The Morgan fingerprint density at radius 3 is 2.86 bits per heavy atom. The van der Waals surface area contributed by atoms with E-state index in [0.717, 1.165) is 5.56 Å². The van der Waals surface area contributed by atoms with Crippen molar-refractivity contribution in [2.24, 2.45) is 0 Å². The number of halogens is 1. The van der Waals surface area contributed by atoms with Gasteiger partial charge in [-0.25, -0.2) is 4.79 Å². The molecule has 2 amide bonds. The second-order valence-corrected chi connectivity index (χ2v) is 6.41. The molecule has 1 fully saturated rings. The smallest absolute Gasteiger partial charge is 0.321 e. The molecule has 0 aromatic heterocycles. The fourth-order valence-electron chi connectivity index (χ4n) is 3.35. The Morgan fingerprint density at radius 2 is 2.24 bits per heavy atom. The molecule has 6 heteroatoms. The Bertz CT molecular complexity index is 605. The van der Waals surface area contributed by atoms with Gasteiger partial charge in [-0.3, -0.25) is 4.90 Å². The van der Waals surface area contributed by atoms with Crippen molar-refractivity contribution in [2.45, 2.75) is 45.0 Å². The minimum Gasteiger partial charge on any atom is -0.493 e. The Balaban J connectivity index is 2.13. The Morgan fingerprint density at radius 1 is 1.52 bits per heavy atom. The van der Waals surface area contributed by atoms with E-state index in [4.69, 9.17) is 21.1 Å². The van der Waals surface area contributed by atoms with Crippen LogP contribution in [0.15, 0.2) is 12.1 Å². The quantitative estimate of drug-likeness (QED) is 0.911. The summed E-state index contributed by atoms with van der Waals surface area (Å²) in [5, 5.41) is 3.60. The molecule has 3 rings (SSSR count). The van der Waals surface area contributed by atoms with Crippen molar-refractivity contribution >= 4 is 17.6 Å². The second kappa shape index (κ2) is 4.70. The number of ether oxygens (including phenoxy) is 2. The van der Waals surface area contributed by atoms with Gasteiger partial charge in [0.2, 0.25) is 0 Å². The summed E-state index contributed by atoms with van der Waals surface area (Å²) >= 11 is 6.13. The van der Waals surface area contributed by atoms with Gasteiger partial charge in [-0.05, 0) is 26.8 Å². The topological polar surface area (TPSA) is 50.8 Å². The van der Waals surface area contributed by atoms with Gasteiger partial charge in [-0.2, -0.15) is 0 Å². The van der Waals surface area contributed by atoms with Crippen LogP contribution in [0.3, 0.4) is 0 Å². The van der Waals surface area contributed by atoms with Gasteiger partial charge in [0.1, 0.15) is 0 Å². The van der Waals surface area contributed by atoms with Gasteiger partial charge in [-0.1, -0.05) is 11.6 Å². The Hall–Kier alpha value is -1.62. The molecule has 2 unspecified atom stereocenters. The van der Waals surface area contributed by atoms with E-state index in [1.165, 1.54) is 0 Å². The number of urea groups is 1. The number of carbonyl (C=O) groups is 1. The number of fused-ring (bicyclic) bond motifs is 4. The lowest BCUT2D eigenvalue weighted by molar-refractivity contribution is -0.0974. The average Bonchev–Trinajstić information content (AvgIpc) is 2.37. The fraction of sp³-hybridized carbons (Fsp3) is 0.533. The number of amides is 2. The van der Waals surface area contributed by atoms with E-state index in [2.05, 4.69) is 5.32 Å². The molecule has 1 aromatic carbocycles. The molecule has 1 saturated heterocycles. The van der Waals surface area contributed by atoms with Crippen LogP contribution in [0.25, 0.3) is 0 Å². The molecule has 2 atom stereocenters. The van der Waals surface area contributed by atoms with Crippen molar-refractivity contribution in [3.8, 4) is 11.5 Å². The summed E-state index contributed by atoms with van der Waals surface area (Å²) in [6.07, 6.45) is 0.674. The maximum absolute atomic E-state index is 12.4. The number of benzene rings is 1. The Labute approximate surface area is 129 Å². The van der Waals surface area contributed by atoms with Crippen molar-refractivity contribution in [1.29, 1.82) is 0 Å². The zero-order chi connectivity index (χ0) is 15.4. The van der Waals surface area contributed by atoms with E-state index in [-0.39, 0.29) is 18.1 Å². The molecule has 1 N–H and O–H groups in total. The first kappa shape index (κ1) is 14.3. The number of carbonyl (C=O) groups excluding carboxylic acids is 1. The predicted octanol–water partition coefficient (Wildman–Crippen LogP) is 3.32. The largest absolute Gasteiger partial charge is 0.493 e. The summed E-state index contributed by atoms with van der Waals surface area (Å²) in [6, 6.07) is 3.36. The minimum atomic E-state index is -0.685. The molecule has 0 saturated carbocycles. The molecular formula is C15H19ClN2O3. The lowest BCUT2D eigenvalue weighted by Gasteiger charge is -2.52. The van der Waals surface area contributed by atoms with Gasteiger partial charge in [0, 0.05) is 29.1 Å². The molecule has 0 aliphatic carbocycles. The lowest BCUT2D eigenvalue weighted by Crippen LogP contribution is -2.66. The number of rotatable bonds is 2. The van der Waals surface area contributed by atoms with Crippen molar-refractivity contribution in [3.63, 3.8) is 0 Å². The SMILES string of the molecule is COc1cc(Cl)cc2c1OC1(C)CC2NC(=O)N1C(C)C. The number of methoxy groups -OCH3 is 1. The van der Waals surface area contributed by atoms with Crippen LogP contribution in [-0.4, -0.2) is 29.8 Å². The maximum atomic E-state index is 12.4. The standard InChI is InChI=1S/C15H19ClN2O3/c1-8(2)18-14(19)17-11-7-15(18,3)21-13-10(11)5-9(16)6-12(13)20-4/h5-6,8,11H,7H2,1-4H3,(H,17,19). The molecule has 0 spiro atoms. The highest BCUT2D eigenvalue weighted by molar-refractivity contribution is 6.30. The van der Waals surface area contributed by atoms with Crippen molar-refractivity contribution < 1.29 is 14.3 Å². The molecule has 0 radical (unpaired) electrons. The summed E-state index contributed by atoms with van der Waals surface area (Å²) in [4.78, 5) is 14.1. The van der Waals surface area contributed by atoms with E-state index in [9.17, 15) is 4.79 Å². The van der Waals surface area contributed by atoms with Crippen LogP contribution in [0.5, 0.6) is 11.5 Å². The number of hydrogen-bond donors (Lipinski definition) is 1. The molecular weight excluding hydrogens is 292 g/mol. The van der Waals surface area contributed by atoms with E-state index in [0.29, 0.717) is 22.9 Å². The summed E-state index contributed by atoms with van der Waals surface area (Å²) in [6.45, 7) is 5.89. The third kappa shape index (κ3) is 2.11. The third-order valence-corrected chi connectivity index (χ3v) is 4.31. The first-order valence-electron chi connectivity index (χ1n) is 7.02. The number of nitrogens with one attached hydrogen (secondary N) is 1. The van der Waals surface area contributed by atoms with Crippen LogP contribution >= 0.6 is 11.6 Å². The van der Waals surface area contributed by atoms with Crippen LogP contribution in [0.2, 0.25) is 5.02 Å². The van der Waals surface area contributed by atoms with Crippen molar-refractivity contribution in [1.82, 2.24) is 10.2 Å². The lowest BCUT2D eigenvalue weighted by atomic mass is 9.89. The molecule has 5 nitrogen and oxygen atoms in total. The highest BCUT2D eigenvalue weighted by Gasteiger charge is 2.50. The monoisotopic (exact) mass is 310 g/mol. The zero-order valence-corrected chi connectivity index (χ0v) is 13.3. The molecule has 2 aliphatic rings. The number of hydrogen-bond acceptors (Lipinski definition) is 3. The molecule has 2 heterocycles. The minimum absolute atomic E-state index is 0.0378. The van der Waals surface area contributed by atoms with Gasteiger partial charge < -0.3 is 14.8 Å². The first-order chi connectivity index (χ1) is 9.85. The zero-order valence-electron chi connectivity index (χ0n) is 12.6. The number of nitrogens with zero attached hydrogens (tertiary/aromatic N) is 1. The second-order valence-electron chi connectivity index (χ2n) is 5.97. The van der Waals surface area contributed by atoms with Crippen molar-refractivity contribution in [2.75, 3.05) is 7.11 Å². The van der Waals surface area contributed by atoms with Crippen LogP contribution in [0, 0.1) is 0 Å². The highest BCUT2D eigenvalue weighted by atomic mass is 35.5. The van der Waals surface area contributed by atoms with Crippen LogP contribution in [-0.2, 0) is 0 Å². The maximum Gasteiger partial charge on any atom is 0.321 e. The molecule has 114 valence electrons. The first-order valence-corrected chi connectivity index (χ1v) is 7.40. The van der Waals surface area contributed by atoms with Crippen LogP contribution in [0.4, 0.5) is 4.79 Å². The van der Waals surface area contributed by atoms with Gasteiger partial charge in [-0.15, -0.1) is 0 Å². The van der Waals surface area contributed by atoms with E-state index < -0.39 is 5.72 Å². The van der Waals surface area contributed by atoms with Crippen molar-refractivity contribution in [3.05, 3.63) is 22.7 Å². The predicted molar refractivity (Wildman–Crippen MR) is 79.9 cm³/mol. The Kier molecular flexibility index (Phi) is 3.20.